The van der Waals surface area contributed by atoms with Crippen molar-refractivity contribution < 1.29 is 4.79 Å². The molecule has 124 valence electrons. The summed E-state index contributed by atoms with van der Waals surface area (Å²) < 4.78 is 1.88. The molecule has 0 spiro atoms. The Labute approximate surface area is 144 Å². The van der Waals surface area contributed by atoms with Gasteiger partial charge in [-0.2, -0.15) is 5.10 Å². The number of rotatable bonds is 2. The molecule has 3 aromatic heterocycles. The van der Waals surface area contributed by atoms with E-state index in [1.54, 1.807) is 11.7 Å². The predicted octanol–water partition coefficient (Wildman–Crippen LogP) is 2.95. The summed E-state index contributed by atoms with van der Waals surface area (Å²) in [6, 6.07) is 3.94. The molecule has 1 aliphatic heterocycles. The molecule has 0 radical (unpaired) electrons. The topological polar surface area (TPSA) is 63.4 Å². The zero-order valence-corrected chi connectivity index (χ0v) is 14.8. The second-order valence-corrected chi connectivity index (χ2v) is 7.34. The molecule has 0 bridgehead atoms. The molecule has 1 amide bonds. The summed E-state index contributed by atoms with van der Waals surface area (Å²) in [7, 11) is 0. The van der Waals surface area contributed by atoms with Gasteiger partial charge in [0.25, 0.3) is 5.91 Å². The highest BCUT2D eigenvalue weighted by Gasteiger charge is 2.43. The number of nitrogens with zero attached hydrogens (tertiary/aromatic N) is 5. The average molecular weight is 341 g/mol. The molecule has 0 aliphatic carbocycles. The first-order chi connectivity index (χ1) is 11.5. The molecule has 1 saturated heterocycles. The molecule has 0 N–H and O–H groups in total. The zero-order valence-electron chi connectivity index (χ0n) is 14.0. The van der Waals surface area contributed by atoms with E-state index in [1.807, 2.05) is 35.4 Å². The number of likely N-dealkylation sites (tertiary alicyclic amines) is 1. The highest BCUT2D eigenvalue weighted by atomic mass is 32.1. The van der Waals surface area contributed by atoms with Crippen LogP contribution in [-0.4, -0.2) is 36.9 Å². The minimum atomic E-state index is -0.396. The molecule has 7 heteroatoms. The number of amides is 1. The van der Waals surface area contributed by atoms with Gasteiger partial charge in [-0.25, -0.2) is 14.5 Å². The summed E-state index contributed by atoms with van der Waals surface area (Å²) in [5.74, 6) is 0.0591. The van der Waals surface area contributed by atoms with Crippen molar-refractivity contribution in [1.29, 1.82) is 0 Å². The Balaban J connectivity index is 1.82. The quantitative estimate of drug-likeness (QED) is 0.719. The van der Waals surface area contributed by atoms with Crippen LogP contribution in [-0.2, 0) is 5.54 Å². The normalized spacial score (nSPS) is 20.9. The smallest absolute Gasteiger partial charge is 0.266 e. The van der Waals surface area contributed by atoms with Crippen LogP contribution < -0.4 is 0 Å². The lowest BCUT2D eigenvalue weighted by molar-refractivity contribution is 0.0612. The molecule has 24 heavy (non-hydrogen) atoms. The Morgan fingerprint density at radius 3 is 2.92 bits per heavy atom. The SMILES string of the molecule is Cc1cc2nccc(C3(C)CCCN3C(=O)c3scnc3C)n2n1. The van der Waals surface area contributed by atoms with Crippen LogP contribution >= 0.6 is 11.3 Å². The third kappa shape index (κ3) is 2.15. The minimum Gasteiger partial charge on any atom is -0.327 e. The number of hydrogen-bond donors (Lipinski definition) is 0. The van der Waals surface area contributed by atoms with Gasteiger partial charge in [0.05, 0.1) is 28.1 Å². The number of thiazole rings is 1. The van der Waals surface area contributed by atoms with Crippen LogP contribution in [0.4, 0.5) is 0 Å². The zero-order chi connectivity index (χ0) is 16.9. The maximum Gasteiger partial charge on any atom is 0.266 e. The van der Waals surface area contributed by atoms with E-state index in [1.165, 1.54) is 11.3 Å². The lowest BCUT2D eigenvalue weighted by Gasteiger charge is -2.35. The van der Waals surface area contributed by atoms with E-state index in [-0.39, 0.29) is 5.91 Å². The van der Waals surface area contributed by atoms with Crippen LogP contribution in [0.1, 0.15) is 46.5 Å². The first-order valence-corrected chi connectivity index (χ1v) is 8.92. The first-order valence-electron chi connectivity index (χ1n) is 8.04. The molecule has 4 rings (SSSR count). The molecule has 0 saturated carbocycles. The average Bonchev–Trinajstić information content (AvgIpc) is 3.24. The Bertz CT molecular complexity index is 930. The highest BCUT2D eigenvalue weighted by Crippen LogP contribution is 2.39. The van der Waals surface area contributed by atoms with E-state index in [0.717, 1.165) is 47.0 Å². The number of fused-ring (bicyclic) bond motifs is 1. The fourth-order valence-corrected chi connectivity index (χ4v) is 4.35. The van der Waals surface area contributed by atoms with E-state index < -0.39 is 5.54 Å². The standard InChI is InChI=1S/C17H19N5OS/c1-11-9-14-18-7-5-13(22(14)20-11)17(3)6-4-8-21(17)16(23)15-12(2)19-10-24-15/h5,7,9-10H,4,6,8H2,1-3H3. The van der Waals surface area contributed by atoms with Gasteiger partial charge in [-0.05, 0) is 39.7 Å². The van der Waals surface area contributed by atoms with Gasteiger partial charge in [0, 0.05) is 18.8 Å². The largest absolute Gasteiger partial charge is 0.327 e. The van der Waals surface area contributed by atoms with E-state index in [2.05, 4.69) is 22.0 Å². The van der Waals surface area contributed by atoms with Crippen molar-refractivity contribution in [3.8, 4) is 0 Å². The Morgan fingerprint density at radius 1 is 1.33 bits per heavy atom. The maximum atomic E-state index is 13.1. The van der Waals surface area contributed by atoms with Gasteiger partial charge in [-0.1, -0.05) is 0 Å². The summed E-state index contributed by atoms with van der Waals surface area (Å²) >= 11 is 1.41. The van der Waals surface area contributed by atoms with E-state index in [0.29, 0.717) is 0 Å². The summed E-state index contributed by atoms with van der Waals surface area (Å²) in [5.41, 5.74) is 4.89. The molecule has 3 aromatic rings. The number of carbonyl (C=O) groups is 1. The molecule has 1 fully saturated rings. The van der Waals surface area contributed by atoms with Crippen molar-refractivity contribution in [2.24, 2.45) is 0 Å². The van der Waals surface area contributed by atoms with Crippen molar-refractivity contribution in [3.05, 3.63) is 45.8 Å². The lowest BCUT2D eigenvalue weighted by Crippen LogP contribution is -2.44. The summed E-state index contributed by atoms with van der Waals surface area (Å²) in [4.78, 5) is 24.4. The van der Waals surface area contributed by atoms with Gasteiger partial charge in [-0.15, -0.1) is 11.3 Å². The van der Waals surface area contributed by atoms with Crippen molar-refractivity contribution in [3.63, 3.8) is 0 Å². The highest BCUT2D eigenvalue weighted by molar-refractivity contribution is 7.11. The lowest BCUT2D eigenvalue weighted by atomic mass is 9.93. The van der Waals surface area contributed by atoms with Crippen LogP contribution in [0, 0.1) is 13.8 Å². The molecular formula is C17H19N5OS. The molecule has 1 aliphatic rings. The second-order valence-electron chi connectivity index (χ2n) is 6.49. The van der Waals surface area contributed by atoms with Gasteiger partial charge in [-0.3, -0.25) is 4.79 Å². The third-order valence-electron chi connectivity index (χ3n) is 4.86. The second kappa shape index (κ2) is 5.37. The van der Waals surface area contributed by atoms with Gasteiger partial charge >= 0.3 is 0 Å². The number of hydrogen-bond acceptors (Lipinski definition) is 5. The van der Waals surface area contributed by atoms with E-state index in [4.69, 9.17) is 0 Å². The van der Waals surface area contributed by atoms with Crippen LogP contribution in [0.25, 0.3) is 5.65 Å². The molecule has 6 nitrogen and oxygen atoms in total. The monoisotopic (exact) mass is 341 g/mol. The Kier molecular flexibility index (Phi) is 3.42. The van der Waals surface area contributed by atoms with Gasteiger partial charge in [0.2, 0.25) is 0 Å². The Hall–Kier alpha value is -2.28. The van der Waals surface area contributed by atoms with Crippen molar-refractivity contribution in [2.45, 2.75) is 39.2 Å². The van der Waals surface area contributed by atoms with Crippen LogP contribution in [0.3, 0.4) is 0 Å². The van der Waals surface area contributed by atoms with Crippen LogP contribution in [0.5, 0.6) is 0 Å². The third-order valence-corrected chi connectivity index (χ3v) is 5.77. The van der Waals surface area contributed by atoms with Gasteiger partial charge < -0.3 is 4.90 Å². The first kappa shape index (κ1) is 15.3. The molecule has 4 heterocycles. The van der Waals surface area contributed by atoms with E-state index in [9.17, 15) is 4.79 Å². The number of aryl methyl sites for hydroxylation is 2. The Morgan fingerprint density at radius 2 is 2.17 bits per heavy atom. The fourth-order valence-electron chi connectivity index (χ4n) is 3.60. The fraction of sp³-hybridized carbons (Fsp3) is 0.412. The van der Waals surface area contributed by atoms with Crippen LogP contribution in [0.15, 0.2) is 23.8 Å². The molecule has 1 atom stereocenters. The van der Waals surface area contributed by atoms with Gasteiger partial charge in [0.1, 0.15) is 4.88 Å². The summed E-state index contributed by atoms with van der Waals surface area (Å²) in [5, 5.41) is 4.58. The molecular weight excluding hydrogens is 322 g/mol. The van der Waals surface area contributed by atoms with E-state index >= 15 is 0 Å². The van der Waals surface area contributed by atoms with Crippen molar-refractivity contribution >= 4 is 22.9 Å². The minimum absolute atomic E-state index is 0.0591. The summed E-state index contributed by atoms with van der Waals surface area (Å²) in [6.07, 6.45) is 3.69. The summed E-state index contributed by atoms with van der Waals surface area (Å²) in [6.45, 7) is 6.72. The maximum absolute atomic E-state index is 13.1. The van der Waals surface area contributed by atoms with Crippen molar-refractivity contribution in [2.75, 3.05) is 6.54 Å². The van der Waals surface area contributed by atoms with Crippen LogP contribution in [0.2, 0.25) is 0 Å². The van der Waals surface area contributed by atoms with Gasteiger partial charge in [0.15, 0.2) is 5.65 Å². The predicted molar refractivity (Wildman–Crippen MR) is 92.2 cm³/mol. The van der Waals surface area contributed by atoms with Crippen molar-refractivity contribution in [1.82, 2.24) is 24.5 Å². The number of carbonyl (C=O) groups excluding carboxylic acids is 1. The molecule has 0 aromatic carbocycles. The number of aromatic nitrogens is 4. The molecule has 1 unspecified atom stereocenters.